The maximum absolute atomic E-state index is 12.9. The Hall–Kier alpha value is -1.09. The van der Waals surface area contributed by atoms with Gasteiger partial charge in [0.15, 0.2) is 0 Å². The lowest BCUT2D eigenvalue weighted by molar-refractivity contribution is 0.111. The molecule has 0 saturated carbocycles. The Balaban J connectivity index is 2.10. The van der Waals surface area contributed by atoms with Crippen molar-refractivity contribution >= 4 is 5.69 Å². The highest BCUT2D eigenvalue weighted by molar-refractivity contribution is 5.47. The fourth-order valence-electron chi connectivity index (χ4n) is 1.80. The summed E-state index contributed by atoms with van der Waals surface area (Å²) < 4.78 is 18.4. The van der Waals surface area contributed by atoms with Crippen LogP contribution in [0.2, 0.25) is 0 Å². The first kappa shape index (κ1) is 9.46. The summed E-state index contributed by atoms with van der Waals surface area (Å²) in [6.07, 6.45) is 3.10. The van der Waals surface area contributed by atoms with Crippen molar-refractivity contribution in [2.45, 2.75) is 25.4 Å². The smallest absolute Gasteiger partial charge is 0.123 e. The van der Waals surface area contributed by atoms with Gasteiger partial charge in [-0.15, -0.1) is 0 Å². The molecule has 1 aliphatic rings. The molecule has 0 radical (unpaired) electrons. The molecule has 1 unspecified atom stereocenters. The molecule has 0 spiro atoms. The van der Waals surface area contributed by atoms with Crippen LogP contribution in [-0.2, 0) is 11.2 Å². The molecule has 1 aromatic rings. The average molecular weight is 195 g/mol. The molecule has 1 saturated heterocycles. The number of nitrogens with two attached hydrogens (primary N) is 1. The van der Waals surface area contributed by atoms with E-state index in [9.17, 15) is 4.39 Å². The number of anilines is 1. The summed E-state index contributed by atoms with van der Waals surface area (Å²) in [4.78, 5) is 0. The number of halogens is 1. The molecule has 3 heteroatoms. The third kappa shape index (κ3) is 2.04. The molecule has 2 rings (SSSR count). The van der Waals surface area contributed by atoms with Crippen LogP contribution in [0.3, 0.4) is 0 Å². The molecule has 1 aliphatic heterocycles. The molecule has 1 fully saturated rings. The Kier molecular flexibility index (Phi) is 2.68. The van der Waals surface area contributed by atoms with Gasteiger partial charge in [-0.3, -0.25) is 0 Å². The van der Waals surface area contributed by atoms with Crippen LogP contribution in [-0.4, -0.2) is 12.7 Å². The van der Waals surface area contributed by atoms with Crippen LogP contribution in [0, 0.1) is 5.82 Å². The lowest BCUT2D eigenvalue weighted by atomic mass is 10.0. The van der Waals surface area contributed by atoms with Gasteiger partial charge < -0.3 is 10.5 Å². The maximum atomic E-state index is 12.9. The van der Waals surface area contributed by atoms with Crippen molar-refractivity contribution in [1.82, 2.24) is 0 Å². The maximum Gasteiger partial charge on any atom is 0.123 e. The highest BCUT2D eigenvalue weighted by Gasteiger charge is 2.17. The third-order valence-electron chi connectivity index (χ3n) is 2.58. The van der Waals surface area contributed by atoms with Gasteiger partial charge in [-0.05, 0) is 36.6 Å². The normalized spacial score (nSPS) is 21.4. The van der Waals surface area contributed by atoms with Gasteiger partial charge in [0.25, 0.3) is 0 Å². The summed E-state index contributed by atoms with van der Waals surface area (Å²) in [5.74, 6) is -0.229. The van der Waals surface area contributed by atoms with Gasteiger partial charge in [-0.1, -0.05) is 0 Å². The standard InChI is InChI=1S/C11H14FNO/c12-9-3-4-11(13)8(6-9)7-10-2-1-5-14-10/h3-4,6,10H,1-2,5,7,13H2. The first-order valence-electron chi connectivity index (χ1n) is 4.91. The van der Waals surface area contributed by atoms with Crippen LogP contribution in [0.5, 0.6) is 0 Å². The van der Waals surface area contributed by atoms with E-state index in [1.165, 1.54) is 12.1 Å². The molecule has 1 atom stereocenters. The van der Waals surface area contributed by atoms with E-state index in [0.717, 1.165) is 31.4 Å². The number of rotatable bonds is 2. The minimum absolute atomic E-state index is 0.221. The number of nitrogen functional groups attached to an aromatic ring is 1. The first-order chi connectivity index (χ1) is 6.75. The van der Waals surface area contributed by atoms with Crippen molar-refractivity contribution in [2.75, 3.05) is 12.3 Å². The van der Waals surface area contributed by atoms with Crippen LogP contribution in [0.15, 0.2) is 18.2 Å². The monoisotopic (exact) mass is 195 g/mol. The Morgan fingerprint density at radius 1 is 1.50 bits per heavy atom. The zero-order valence-corrected chi connectivity index (χ0v) is 8.00. The van der Waals surface area contributed by atoms with Gasteiger partial charge in [0.2, 0.25) is 0 Å². The zero-order chi connectivity index (χ0) is 9.97. The molecular formula is C11H14FNO. The fourth-order valence-corrected chi connectivity index (χ4v) is 1.80. The van der Waals surface area contributed by atoms with E-state index in [4.69, 9.17) is 10.5 Å². The van der Waals surface area contributed by atoms with Gasteiger partial charge in [-0.2, -0.15) is 0 Å². The first-order valence-corrected chi connectivity index (χ1v) is 4.91. The number of hydrogen-bond acceptors (Lipinski definition) is 2. The zero-order valence-electron chi connectivity index (χ0n) is 8.00. The molecule has 14 heavy (non-hydrogen) atoms. The highest BCUT2D eigenvalue weighted by atomic mass is 19.1. The number of benzene rings is 1. The predicted molar refractivity (Wildman–Crippen MR) is 53.5 cm³/mol. The second-order valence-electron chi connectivity index (χ2n) is 3.68. The lowest BCUT2D eigenvalue weighted by Crippen LogP contribution is -2.10. The van der Waals surface area contributed by atoms with Gasteiger partial charge in [0, 0.05) is 18.7 Å². The molecule has 1 aromatic carbocycles. The third-order valence-corrected chi connectivity index (χ3v) is 2.58. The van der Waals surface area contributed by atoms with E-state index in [-0.39, 0.29) is 11.9 Å². The van der Waals surface area contributed by atoms with E-state index >= 15 is 0 Å². The van der Waals surface area contributed by atoms with Gasteiger partial charge in [-0.25, -0.2) is 4.39 Å². The molecular weight excluding hydrogens is 181 g/mol. The van der Waals surface area contributed by atoms with E-state index < -0.39 is 0 Å². The number of ether oxygens (including phenoxy) is 1. The van der Waals surface area contributed by atoms with Crippen molar-refractivity contribution in [3.05, 3.63) is 29.6 Å². The molecule has 2 nitrogen and oxygen atoms in total. The topological polar surface area (TPSA) is 35.2 Å². The van der Waals surface area contributed by atoms with E-state index in [0.29, 0.717) is 5.69 Å². The SMILES string of the molecule is Nc1ccc(F)cc1CC1CCCO1. The average Bonchev–Trinajstić information content (AvgIpc) is 2.64. The van der Waals surface area contributed by atoms with Crippen molar-refractivity contribution in [3.63, 3.8) is 0 Å². The van der Waals surface area contributed by atoms with Crippen LogP contribution in [0.4, 0.5) is 10.1 Å². The summed E-state index contributed by atoms with van der Waals surface area (Å²) in [6.45, 7) is 0.819. The summed E-state index contributed by atoms with van der Waals surface area (Å²) in [6, 6.07) is 4.49. The van der Waals surface area contributed by atoms with Crippen LogP contribution in [0.1, 0.15) is 18.4 Å². The summed E-state index contributed by atoms with van der Waals surface area (Å²) in [5, 5.41) is 0. The van der Waals surface area contributed by atoms with Crippen LogP contribution in [0.25, 0.3) is 0 Å². The second-order valence-corrected chi connectivity index (χ2v) is 3.68. The Bertz CT molecular complexity index is 321. The van der Waals surface area contributed by atoms with Gasteiger partial charge >= 0.3 is 0 Å². The van der Waals surface area contributed by atoms with Gasteiger partial charge in [0.1, 0.15) is 5.82 Å². The Morgan fingerprint density at radius 3 is 3.07 bits per heavy atom. The fraction of sp³-hybridized carbons (Fsp3) is 0.455. The molecule has 0 amide bonds. The summed E-state index contributed by atoms with van der Waals surface area (Å²) in [5.41, 5.74) is 7.26. The van der Waals surface area contributed by atoms with Crippen molar-refractivity contribution in [2.24, 2.45) is 0 Å². The Morgan fingerprint density at radius 2 is 2.36 bits per heavy atom. The van der Waals surface area contributed by atoms with Crippen molar-refractivity contribution in [1.29, 1.82) is 0 Å². The highest BCUT2D eigenvalue weighted by Crippen LogP contribution is 2.21. The molecule has 0 bridgehead atoms. The molecule has 1 heterocycles. The molecule has 0 aromatic heterocycles. The van der Waals surface area contributed by atoms with Crippen LogP contribution < -0.4 is 5.73 Å². The minimum atomic E-state index is -0.229. The molecule has 76 valence electrons. The second kappa shape index (κ2) is 3.96. The largest absolute Gasteiger partial charge is 0.399 e. The van der Waals surface area contributed by atoms with Gasteiger partial charge in [0.05, 0.1) is 6.10 Å². The van der Waals surface area contributed by atoms with Crippen molar-refractivity contribution < 1.29 is 9.13 Å². The number of hydrogen-bond donors (Lipinski definition) is 1. The molecule has 2 N–H and O–H groups in total. The predicted octanol–water partition coefficient (Wildman–Crippen LogP) is 2.13. The lowest BCUT2D eigenvalue weighted by Gasteiger charge is -2.11. The summed E-state index contributed by atoms with van der Waals surface area (Å²) in [7, 11) is 0. The molecule has 0 aliphatic carbocycles. The van der Waals surface area contributed by atoms with E-state index in [1.807, 2.05) is 0 Å². The Labute approximate surface area is 82.9 Å². The summed E-state index contributed by atoms with van der Waals surface area (Å²) >= 11 is 0. The van der Waals surface area contributed by atoms with E-state index in [2.05, 4.69) is 0 Å². The quantitative estimate of drug-likeness (QED) is 0.734. The minimum Gasteiger partial charge on any atom is -0.399 e. The van der Waals surface area contributed by atoms with E-state index in [1.54, 1.807) is 6.07 Å². The van der Waals surface area contributed by atoms with Crippen molar-refractivity contribution in [3.8, 4) is 0 Å². The van der Waals surface area contributed by atoms with Crippen LogP contribution >= 0.6 is 0 Å².